The van der Waals surface area contributed by atoms with E-state index in [2.05, 4.69) is 44.4 Å². The zero-order valence-electron chi connectivity index (χ0n) is 12.5. The Labute approximate surface area is 117 Å². The van der Waals surface area contributed by atoms with Crippen molar-refractivity contribution in [2.45, 2.75) is 52.0 Å². The van der Waals surface area contributed by atoms with Crippen LogP contribution in [-0.2, 0) is 12.8 Å². The van der Waals surface area contributed by atoms with Gasteiger partial charge in [0, 0.05) is 12.5 Å². The summed E-state index contributed by atoms with van der Waals surface area (Å²) in [5.41, 5.74) is 2.84. The van der Waals surface area contributed by atoms with Gasteiger partial charge in [-0.1, -0.05) is 32.4 Å². The SMILES string of the molecule is CCCC(C)C(CCc1ccc2c(c1)CCO2)NC. The van der Waals surface area contributed by atoms with E-state index in [1.54, 1.807) is 0 Å². The fourth-order valence-electron chi connectivity index (χ4n) is 3.09. The van der Waals surface area contributed by atoms with Gasteiger partial charge < -0.3 is 10.1 Å². The Kier molecular flexibility index (Phi) is 5.26. The Morgan fingerprint density at radius 1 is 1.32 bits per heavy atom. The summed E-state index contributed by atoms with van der Waals surface area (Å²) in [5, 5.41) is 3.48. The normalized spacial score (nSPS) is 16.8. The molecule has 1 aliphatic heterocycles. The fraction of sp³-hybridized carbons (Fsp3) is 0.647. The molecule has 0 aliphatic carbocycles. The molecule has 0 saturated carbocycles. The van der Waals surface area contributed by atoms with E-state index >= 15 is 0 Å². The number of ether oxygens (including phenoxy) is 1. The van der Waals surface area contributed by atoms with Gasteiger partial charge in [-0.05, 0) is 49.4 Å². The van der Waals surface area contributed by atoms with Gasteiger partial charge in [0.05, 0.1) is 6.61 Å². The van der Waals surface area contributed by atoms with Crippen molar-refractivity contribution in [3.8, 4) is 5.75 Å². The maximum absolute atomic E-state index is 5.56. The standard InChI is InChI=1S/C17H27NO/c1-4-5-13(2)16(18-3)8-6-14-7-9-17-15(12-14)10-11-19-17/h7,9,12-13,16,18H,4-6,8,10-11H2,1-3H3. The lowest BCUT2D eigenvalue weighted by molar-refractivity contribution is 0.355. The molecule has 2 heteroatoms. The minimum atomic E-state index is 0.629. The van der Waals surface area contributed by atoms with E-state index < -0.39 is 0 Å². The van der Waals surface area contributed by atoms with Crippen LogP contribution in [-0.4, -0.2) is 19.7 Å². The van der Waals surface area contributed by atoms with Crippen molar-refractivity contribution in [3.63, 3.8) is 0 Å². The fourth-order valence-corrected chi connectivity index (χ4v) is 3.09. The predicted octanol–water partition coefficient (Wildman–Crippen LogP) is 3.58. The molecule has 2 atom stereocenters. The van der Waals surface area contributed by atoms with Crippen molar-refractivity contribution in [2.24, 2.45) is 5.92 Å². The quantitative estimate of drug-likeness (QED) is 0.810. The smallest absolute Gasteiger partial charge is 0.122 e. The lowest BCUT2D eigenvalue weighted by Gasteiger charge is -2.23. The van der Waals surface area contributed by atoms with Crippen molar-refractivity contribution in [2.75, 3.05) is 13.7 Å². The number of benzene rings is 1. The predicted molar refractivity (Wildman–Crippen MR) is 80.9 cm³/mol. The summed E-state index contributed by atoms with van der Waals surface area (Å²) in [6.45, 7) is 5.48. The third kappa shape index (κ3) is 3.73. The molecular formula is C17H27NO. The van der Waals surface area contributed by atoms with E-state index in [9.17, 15) is 0 Å². The summed E-state index contributed by atoms with van der Waals surface area (Å²) in [6, 6.07) is 7.33. The second-order valence-corrected chi connectivity index (χ2v) is 5.74. The molecule has 0 spiro atoms. The molecule has 1 aromatic rings. The molecule has 2 rings (SSSR count). The summed E-state index contributed by atoms with van der Waals surface area (Å²) in [6.07, 6.45) is 6.04. The molecule has 1 aliphatic rings. The molecule has 0 radical (unpaired) electrons. The lowest BCUT2D eigenvalue weighted by atomic mass is 9.91. The highest BCUT2D eigenvalue weighted by Gasteiger charge is 2.16. The van der Waals surface area contributed by atoms with Gasteiger partial charge in [0.15, 0.2) is 0 Å². The Morgan fingerprint density at radius 3 is 2.89 bits per heavy atom. The molecule has 2 unspecified atom stereocenters. The number of nitrogens with one attached hydrogen (secondary N) is 1. The second-order valence-electron chi connectivity index (χ2n) is 5.74. The highest BCUT2D eigenvalue weighted by molar-refractivity contribution is 5.39. The van der Waals surface area contributed by atoms with E-state index in [4.69, 9.17) is 4.74 Å². The monoisotopic (exact) mass is 261 g/mol. The van der Waals surface area contributed by atoms with Crippen molar-refractivity contribution in [1.29, 1.82) is 0 Å². The number of hydrogen-bond acceptors (Lipinski definition) is 2. The average molecular weight is 261 g/mol. The van der Waals surface area contributed by atoms with Gasteiger partial charge in [0.1, 0.15) is 5.75 Å². The summed E-state index contributed by atoms with van der Waals surface area (Å²) < 4.78 is 5.56. The Morgan fingerprint density at radius 2 is 2.16 bits per heavy atom. The number of rotatable bonds is 7. The summed E-state index contributed by atoms with van der Waals surface area (Å²) in [4.78, 5) is 0. The van der Waals surface area contributed by atoms with Crippen LogP contribution in [0.4, 0.5) is 0 Å². The first-order chi connectivity index (χ1) is 9.24. The number of hydrogen-bond donors (Lipinski definition) is 1. The van der Waals surface area contributed by atoms with Gasteiger partial charge in [-0.15, -0.1) is 0 Å². The van der Waals surface area contributed by atoms with E-state index in [1.165, 1.54) is 30.4 Å². The van der Waals surface area contributed by atoms with Gasteiger partial charge in [-0.2, -0.15) is 0 Å². The number of fused-ring (bicyclic) bond motifs is 1. The first-order valence-electron chi connectivity index (χ1n) is 7.66. The largest absolute Gasteiger partial charge is 0.493 e. The maximum atomic E-state index is 5.56. The molecule has 0 saturated heterocycles. The van der Waals surface area contributed by atoms with Crippen LogP contribution in [0, 0.1) is 5.92 Å². The molecule has 1 heterocycles. The Balaban J connectivity index is 1.90. The number of aryl methyl sites for hydroxylation is 1. The maximum Gasteiger partial charge on any atom is 0.122 e. The first-order valence-corrected chi connectivity index (χ1v) is 7.66. The zero-order valence-corrected chi connectivity index (χ0v) is 12.5. The first kappa shape index (κ1) is 14.4. The summed E-state index contributed by atoms with van der Waals surface area (Å²) in [5.74, 6) is 1.85. The Hall–Kier alpha value is -1.02. The zero-order chi connectivity index (χ0) is 13.7. The van der Waals surface area contributed by atoms with E-state index in [1.807, 2.05) is 0 Å². The van der Waals surface area contributed by atoms with Crippen LogP contribution in [0.2, 0.25) is 0 Å². The van der Waals surface area contributed by atoms with Crippen LogP contribution in [0.25, 0.3) is 0 Å². The topological polar surface area (TPSA) is 21.3 Å². The molecule has 0 fully saturated rings. The molecule has 1 N–H and O–H groups in total. The molecule has 106 valence electrons. The van der Waals surface area contributed by atoms with Gasteiger partial charge in [0.2, 0.25) is 0 Å². The third-order valence-electron chi connectivity index (χ3n) is 4.30. The van der Waals surface area contributed by atoms with Gasteiger partial charge >= 0.3 is 0 Å². The Bertz CT molecular complexity index is 402. The summed E-state index contributed by atoms with van der Waals surface area (Å²) >= 11 is 0. The van der Waals surface area contributed by atoms with Crippen molar-refractivity contribution < 1.29 is 4.74 Å². The van der Waals surface area contributed by atoms with E-state index in [0.717, 1.165) is 31.1 Å². The van der Waals surface area contributed by atoms with Crippen LogP contribution in [0.1, 0.15) is 44.2 Å². The van der Waals surface area contributed by atoms with Crippen molar-refractivity contribution in [1.82, 2.24) is 5.32 Å². The van der Waals surface area contributed by atoms with Crippen molar-refractivity contribution in [3.05, 3.63) is 29.3 Å². The van der Waals surface area contributed by atoms with E-state index in [0.29, 0.717) is 6.04 Å². The lowest BCUT2D eigenvalue weighted by Crippen LogP contribution is -2.32. The van der Waals surface area contributed by atoms with Crippen LogP contribution in [0.3, 0.4) is 0 Å². The van der Waals surface area contributed by atoms with Gasteiger partial charge in [0.25, 0.3) is 0 Å². The van der Waals surface area contributed by atoms with Gasteiger partial charge in [-0.3, -0.25) is 0 Å². The molecule has 19 heavy (non-hydrogen) atoms. The molecule has 2 nitrogen and oxygen atoms in total. The molecule has 1 aromatic carbocycles. The van der Waals surface area contributed by atoms with Crippen LogP contribution >= 0.6 is 0 Å². The molecule has 0 aromatic heterocycles. The summed E-state index contributed by atoms with van der Waals surface area (Å²) in [7, 11) is 2.09. The minimum absolute atomic E-state index is 0.629. The molecule has 0 bridgehead atoms. The van der Waals surface area contributed by atoms with Crippen LogP contribution < -0.4 is 10.1 Å². The second kappa shape index (κ2) is 6.95. The van der Waals surface area contributed by atoms with Crippen LogP contribution in [0.15, 0.2) is 18.2 Å². The van der Waals surface area contributed by atoms with Crippen LogP contribution in [0.5, 0.6) is 5.75 Å². The highest BCUT2D eigenvalue weighted by Crippen LogP contribution is 2.26. The molecule has 0 amide bonds. The highest BCUT2D eigenvalue weighted by atomic mass is 16.5. The molecular weight excluding hydrogens is 234 g/mol. The average Bonchev–Trinajstić information content (AvgIpc) is 2.87. The van der Waals surface area contributed by atoms with Gasteiger partial charge in [-0.25, -0.2) is 0 Å². The van der Waals surface area contributed by atoms with E-state index in [-0.39, 0.29) is 0 Å². The minimum Gasteiger partial charge on any atom is -0.493 e. The third-order valence-corrected chi connectivity index (χ3v) is 4.30. The van der Waals surface area contributed by atoms with Crippen molar-refractivity contribution >= 4 is 0 Å².